The summed E-state index contributed by atoms with van der Waals surface area (Å²) >= 11 is 0. The normalized spacial score (nSPS) is 32.1. The third kappa shape index (κ3) is 1.92. The van der Waals surface area contributed by atoms with E-state index < -0.39 is 12.4 Å². The molecular formula is C7H14FNO. The lowest BCUT2D eigenvalue weighted by molar-refractivity contribution is -0.0145. The van der Waals surface area contributed by atoms with Crippen molar-refractivity contribution in [3.63, 3.8) is 0 Å². The molecule has 0 aromatic rings. The maximum absolute atomic E-state index is 12.6. The summed E-state index contributed by atoms with van der Waals surface area (Å²) < 4.78 is 12.6. The first-order chi connectivity index (χ1) is 4.70. The topological polar surface area (TPSA) is 23.5 Å². The van der Waals surface area contributed by atoms with Gasteiger partial charge in [0, 0.05) is 13.1 Å². The lowest BCUT2D eigenvalue weighted by atomic mass is 10.1. The van der Waals surface area contributed by atoms with E-state index in [1.54, 1.807) is 11.8 Å². The Bertz CT molecular complexity index is 108. The number of hydrogen-bond donors (Lipinski definition) is 1. The van der Waals surface area contributed by atoms with Crippen LogP contribution in [-0.2, 0) is 0 Å². The standard InChI is InChI=1S/C7H14FNO/c1-6(10)9-4-2-3-7(8)5-9/h6-7,10H,2-5H2,1H3. The van der Waals surface area contributed by atoms with Gasteiger partial charge in [-0.1, -0.05) is 0 Å². The molecule has 2 atom stereocenters. The quantitative estimate of drug-likeness (QED) is 0.592. The second-order valence-corrected chi connectivity index (χ2v) is 2.87. The van der Waals surface area contributed by atoms with Crippen molar-refractivity contribution in [1.29, 1.82) is 0 Å². The lowest BCUT2D eigenvalue weighted by Gasteiger charge is -2.30. The van der Waals surface area contributed by atoms with E-state index in [1.807, 2.05) is 0 Å². The predicted octanol–water partition coefficient (Wildman–Crippen LogP) is 0.759. The fourth-order valence-electron chi connectivity index (χ4n) is 1.29. The van der Waals surface area contributed by atoms with E-state index in [0.29, 0.717) is 13.0 Å². The summed E-state index contributed by atoms with van der Waals surface area (Å²) in [6, 6.07) is 0. The van der Waals surface area contributed by atoms with Crippen LogP contribution in [0.4, 0.5) is 4.39 Å². The highest BCUT2D eigenvalue weighted by Crippen LogP contribution is 2.13. The largest absolute Gasteiger partial charge is 0.379 e. The molecule has 1 aliphatic heterocycles. The Kier molecular flexibility index (Phi) is 2.63. The Morgan fingerprint density at radius 2 is 2.40 bits per heavy atom. The molecule has 0 aromatic carbocycles. The van der Waals surface area contributed by atoms with Crippen molar-refractivity contribution < 1.29 is 9.50 Å². The summed E-state index contributed by atoms with van der Waals surface area (Å²) in [6.07, 6.45) is 0.303. The summed E-state index contributed by atoms with van der Waals surface area (Å²) in [5.41, 5.74) is 0. The highest BCUT2D eigenvalue weighted by atomic mass is 19.1. The van der Waals surface area contributed by atoms with Crippen LogP contribution < -0.4 is 0 Å². The van der Waals surface area contributed by atoms with Gasteiger partial charge in [0.15, 0.2) is 0 Å². The second-order valence-electron chi connectivity index (χ2n) is 2.87. The molecule has 0 bridgehead atoms. The van der Waals surface area contributed by atoms with Crippen molar-refractivity contribution in [1.82, 2.24) is 4.90 Å². The van der Waals surface area contributed by atoms with Gasteiger partial charge in [0.1, 0.15) is 12.4 Å². The summed E-state index contributed by atoms with van der Waals surface area (Å²) in [6.45, 7) is 2.91. The number of alkyl halides is 1. The molecule has 0 radical (unpaired) electrons. The average Bonchev–Trinajstić information content (AvgIpc) is 1.88. The number of hydrogen-bond acceptors (Lipinski definition) is 2. The van der Waals surface area contributed by atoms with Crippen molar-refractivity contribution in [2.24, 2.45) is 0 Å². The van der Waals surface area contributed by atoms with E-state index in [4.69, 9.17) is 5.11 Å². The molecule has 3 heteroatoms. The molecule has 1 fully saturated rings. The van der Waals surface area contributed by atoms with Gasteiger partial charge in [0.05, 0.1) is 0 Å². The molecule has 60 valence electrons. The van der Waals surface area contributed by atoms with Gasteiger partial charge in [-0.25, -0.2) is 4.39 Å². The van der Waals surface area contributed by atoms with Gasteiger partial charge < -0.3 is 5.11 Å². The van der Waals surface area contributed by atoms with Crippen LogP contribution in [0.15, 0.2) is 0 Å². The molecule has 10 heavy (non-hydrogen) atoms. The number of halogens is 1. The van der Waals surface area contributed by atoms with Gasteiger partial charge >= 0.3 is 0 Å². The van der Waals surface area contributed by atoms with Gasteiger partial charge in [-0.15, -0.1) is 0 Å². The monoisotopic (exact) mass is 147 g/mol. The van der Waals surface area contributed by atoms with Gasteiger partial charge in [0.25, 0.3) is 0 Å². The minimum absolute atomic E-state index is 0.400. The number of aliphatic hydroxyl groups excluding tert-OH is 1. The molecule has 1 heterocycles. The molecule has 1 saturated heterocycles. The van der Waals surface area contributed by atoms with Crippen molar-refractivity contribution in [3.05, 3.63) is 0 Å². The first kappa shape index (κ1) is 7.95. The van der Waals surface area contributed by atoms with Crippen LogP contribution >= 0.6 is 0 Å². The van der Waals surface area contributed by atoms with Crippen LogP contribution in [0.1, 0.15) is 19.8 Å². The highest BCUT2D eigenvalue weighted by molar-refractivity contribution is 4.72. The zero-order valence-corrected chi connectivity index (χ0v) is 6.26. The molecule has 0 amide bonds. The summed E-state index contributed by atoms with van der Waals surface area (Å²) in [5, 5.41) is 9.05. The van der Waals surface area contributed by atoms with Crippen LogP contribution in [-0.4, -0.2) is 35.5 Å². The minimum Gasteiger partial charge on any atom is -0.379 e. The van der Waals surface area contributed by atoms with Crippen LogP contribution in [0.3, 0.4) is 0 Å². The van der Waals surface area contributed by atoms with E-state index in [-0.39, 0.29) is 0 Å². The average molecular weight is 147 g/mol. The van der Waals surface area contributed by atoms with E-state index >= 15 is 0 Å². The number of aliphatic hydroxyl groups is 1. The van der Waals surface area contributed by atoms with Crippen LogP contribution in [0.25, 0.3) is 0 Å². The fourth-order valence-corrected chi connectivity index (χ4v) is 1.29. The van der Waals surface area contributed by atoms with E-state index in [2.05, 4.69) is 0 Å². The molecule has 2 nitrogen and oxygen atoms in total. The number of rotatable bonds is 1. The lowest BCUT2D eigenvalue weighted by Crippen LogP contribution is -2.41. The zero-order valence-electron chi connectivity index (χ0n) is 6.26. The van der Waals surface area contributed by atoms with Gasteiger partial charge in [-0.2, -0.15) is 0 Å². The minimum atomic E-state index is -0.733. The first-order valence-electron chi connectivity index (χ1n) is 3.76. The fraction of sp³-hybridized carbons (Fsp3) is 1.00. The van der Waals surface area contributed by atoms with Crippen molar-refractivity contribution in [3.8, 4) is 0 Å². The molecule has 1 rings (SSSR count). The van der Waals surface area contributed by atoms with Gasteiger partial charge in [-0.05, 0) is 19.8 Å². The van der Waals surface area contributed by atoms with Crippen LogP contribution in [0.2, 0.25) is 0 Å². The highest BCUT2D eigenvalue weighted by Gasteiger charge is 2.21. The molecule has 0 aliphatic carbocycles. The number of piperidine rings is 1. The molecule has 1 aliphatic rings. The van der Waals surface area contributed by atoms with Crippen molar-refractivity contribution >= 4 is 0 Å². The van der Waals surface area contributed by atoms with E-state index in [1.165, 1.54) is 0 Å². The summed E-state index contributed by atoms with van der Waals surface area (Å²) in [4.78, 5) is 1.76. The van der Waals surface area contributed by atoms with Crippen molar-refractivity contribution in [2.75, 3.05) is 13.1 Å². The Labute approximate surface area is 60.6 Å². The van der Waals surface area contributed by atoms with Gasteiger partial charge in [0.2, 0.25) is 0 Å². The molecule has 2 unspecified atom stereocenters. The smallest absolute Gasteiger partial charge is 0.113 e. The van der Waals surface area contributed by atoms with Crippen LogP contribution in [0, 0.1) is 0 Å². The Morgan fingerprint density at radius 3 is 2.80 bits per heavy atom. The summed E-state index contributed by atoms with van der Waals surface area (Å²) in [5.74, 6) is 0. The third-order valence-corrected chi connectivity index (χ3v) is 1.92. The Balaban J connectivity index is 2.32. The Morgan fingerprint density at radius 1 is 1.70 bits per heavy atom. The maximum Gasteiger partial charge on any atom is 0.113 e. The number of likely N-dealkylation sites (tertiary alicyclic amines) is 1. The van der Waals surface area contributed by atoms with Gasteiger partial charge in [-0.3, -0.25) is 4.90 Å². The molecular weight excluding hydrogens is 133 g/mol. The predicted molar refractivity (Wildman–Crippen MR) is 37.4 cm³/mol. The second kappa shape index (κ2) is 3.30. The molecule has 0 aromatic heterocycles. The van der Waals surface area contributed by atoms with E-state index in [9.17, 15) is 4.39 Å². The van der Waals surface area contributed by atoms with E-state index in [0.717, 1.165) is 13.0 Å². The Hall–Kier alpha value is -0.150. The first-order valence-corrected chi connectivity index (χ1v) is 3.76. The molecule has 0 saturated carbocycles. The van der Waals surface area contributed by atoms with Crippen molar-refractivity contribution in [2.45, 2.75) is 32.2 Å². The maximum atomic E-state index is 12.6. The summed E-state index contributed by atoms with van der Waals surface area (Å²) in [7, 11) is 0. The molecule has 1 N–H and O–H groups in total. The number of nitrogens with zero attached hydrogens (tertiary/aromatic N) is 1. The SMILES string of the molecule is CC(O)N1CCCC(F)C1. The molecule has 0 spiro atoms. The third-order valence-electron chi connectivity index (χ3n) is 1.92. The van der Waals surface area contributed by atoms with Crippen LogP contribution in [0.5, 0.6) is 0 Å². The zero-order chi connectivity index (χ0) is 7.56.